The number of nitrogens with two attached hydrogens (primary N) is 1. The first kappa shape index (κ1) is 48.4. The number of phosphoric ester groups is 3. The third-order valence-electron chi connectivity index (χ3n) is 7.68. The van der Waals surface area contributed by atoms with Gasteiger partial charge in [0.2, 0.25) is 16.9 Å². The van der Waals surface area contributed by atoms with Crippen LogP contribution in [0.4, 0.5) is 5.82 Å². The minimum absolute atomic E-state index is 0.0296. The number of rotatable bonds is 23. The van der Waals surface area contributed by atoms with Gasteiger partial charge in [-0.2, -0.15) is 4.31 Å². The van der Waals surface area contributed by atoms with E-state index in [0.717, 1.165) is 41.8 Å². The SMILES string of the molecule is CCC/C=C/C=C/C(=O)SCCNC(=O)CCNC(=O)[C@H](O)C(C)(C)COP(=O)(O)OP(=O)(O)OC[C@H]1O[C@@H](n2cnc3c(N)ncnc32)[C@H](O)[C@@H]1OP(=O)(O)O. The van der Waals surface area contributed by atoms with Crippen LogP contribution in [-0.2, 0) is 50.7 Å². The van der Waals surface area contributed by atoms with Crippen molar-refractivity contribution in [2.24, 2.45) is 5.41 Å². The lowest BCUT2D eigenvalue weighted by atomic mass is 9.87. The predicted molar refractivity (Wildman–Crippen MR) is 200 cm³/mol. The molecule has 10 N–H and O–H groups in total. The third-order valence-corrected chi connectivity index (χ3v) is 11.6. The van der Waals surface area contributed by atoms with Gasteiger partial charge in [0.15, 0.2) is 17.7 Å². The maximum absolute atomic E-state index is 12.7. The zero-order valence-corrected chi connectivity index (χ0v) is 34.3. The van der Waals surface area contributed by atoms with Gasteiger partial charge in [-0.3, -0.25) is 32.5 Å². The summed E-state index contributed by atoms with van der Waals surface area (Å²) in [6, 6.07) is 0. The molecular weight excluding hydrogens is 843 g/mol. The molecule has 2 unspecified atom stereocenters. The molecule has 1 aliphatic rings. The molecule has 0 bridgehead atoms. The summed E-state index contributed by atoms with van der Waals surface area (Å²) in [5, 5.41) is 26.2. The average Bonchev–Trinajstić information content (AvgIpc) is 3.68. The van der Waals surface area contributed by atoms with Crippen LogP contribution in [0.5, 0.6) is 0 Å². The summed E-state index contributed by atoms with van der Waals surface area (Å²) in [6.45, 7) is 2.50. The first-order chi connectivity index (χ1) is 26.6. The molecule has 0 saturated carbocycles. The largest absolute Gasteiger partial charge is 0.481 e. The number of aliphatic hydroxyl groups excluding tert-OH is 2. The van der Waals surface area contributed by atoms with E-state index in [1.54, 1.807) is 12.2 Å². The lowest BCUT2D eigenvalue weighted by Gasteiger charge is -2.30. The highest BCUT2D eigenvalue weighted by Gasteiger charge is 2.50. The number of aliphatic hydroxyl groups is 2. The normalized spacial score (nSPS) is 21.8. The second kappa shape index (κ2) is 21.3. The summed E-state index contributed by atoms with van der Waals surface area (Å²) in [5.41, 5.74) is 4.26. The van der Waals surface area contributed by atoms with Crippen molar-refractivity contribution in [2.45, 2.75) is 70.7 Å². The van der Waals surface area contributed by atoms with Gasteiger partial charge >= 0.3 is 23.5 Å². The number of allylic oxidation sites excluding steroid dienone is 3. The number of anilines is 1. The van der Waals surface area contributed by atoms with E-state index in [9.17, 15) is 57.9 Å². The van der Waals surface area contributed by atoms with Crippen LogP contribution in [0.2, 0.25) is 0 Å². The molecule has 28 heteroatoms. The first-order valence-electron chi connectivity index (χ1n) is 16.9. The molecule has 2 aromatic heterocycles. The number of nitrogens with one attached hydrogen (secondary N) is 2. The van der Waals surface area contributed by atoms with Crippen LogP contribution in [0.25, 0.3) is 11.2 Å². The molecule has 0 aliphatic carbocycles. The Balaban J connectivity index is 1.47. The Bertz CT molecular complexity index is 1910. The predicted octanol–water partition coefficient (Wildman–Crippen LogP) is 0.577. The van der Waals surface area contributed by atoms with E-state index in [4.69, 9.17) is 19.5 Å². The highest BCUT2D eigenvalue weighted by atomic mass is 32.2. The van der Waals surface area contributed by atoms with Crippen molar-refractivity contribution in [1.82, 2.24) is 30.2 Å². The number of aromatic nitrogens is 4. The third kappa shape index (κ3) is 15.6. The number of thioether (sulfide) groups is 1. The Morgan fingerprint density at radius 2 is 1.77 bits per heavy atom. The van der Waals surface area contributed by atoms with E-state index in [1.165, 1.54) is 19.9 Å². The number of carbonyl (C=O) groups is 3. The van der Waals surface area contributed by atoms with Gasteiger partial charge in [-0.1, -0.05) is 57.2 Å². The molecule has 57 heavy (non-hydrogen) atoms. The van der Waals surface area contributed by atoms with Crippen molar-refractivity contribution in [3.63, 3.8) is 0 Å². The highest BCUT2D eigenvalue weighted by Crippen LogP contribution is 2.61. The van der Waals surface area contributed by atoms with Crippen molar-refractivity contribution < 1.29 is 80.5 Å². The van der Waals surface area contributed by atoms with Crippen LogP contribution in [0.1, 0.15) is 46.3 Å². The molecule has 1 saturated heterocycles. The van der Waals surface area contributed by atoms with Gasteiger partial charge in [-0.15, -0.1) is 0 Å². The quantitative estimate of drug-likeness (QED) is 0.0319. The summed E-state index contributed by atoms with van der Waals surface area (Å²) in [5.74, 6) is -1.15. The number of hydrogen-bond acceptors (Lipinski definition) is 18. The van der Waals surface area contributed by atoms with E-state index in [-0.39, 0.29) is 41.6 Å². The van der Waals surface area contributed by atoms with Crippen LogP contribution in [0.15, 0.2) is 37.0 Å². The molecule has 1 fully saturated rings. The van der Waals surface area contributed by atoms with Crippen molar-refractivity contribution in [3.05, 3.63) is 37.0 Å². The van der Waals surface area contributed by atoms with Gasteiger partial charge < -0.3 is 50.9 Å². The number of nitrogens with zero attached hydrogens (tertiary/aromatic N) is 4. The minimum atomic E-state index is -5.57. The molecule has 320 valence electrons. The van der Waals surface area contributed by atoms with E-state index in [0.29, 0.717) is 5.75 Å². The minimum Gasteiger partial charge on any atom is -0.386 e. The first-order valence-corrected chi connectivity index (χ1v) is 22.5. The van der Waals surface area contributed by atoms with Gasteiger partial charge in [-0.25, -0.2) is 28.6 Å². The molecule has 7 atom stereocenters. The molecule has 24 nitrogen and oxygen atoms in total. The topological polar surface area (TPSA) is 364 Å². The number of nitrogen functional groups attached to an aromatic ring is 1. The molecule has 0 aromatic carbocycles. The van der Waals surface area contributed by atoms with Gasteiger partial charge in [0, 0.05) is 30.7 Å². The van der Waals surface area contributed by atoms with Crippen molar-refractivity contribution in [3.8, 4) is 0 Å². The molecule has 3 heterocycles. The fraction of sp³-hybridized carbons (Fsp3) is 0.586. The summed E-state index contributed by atoms with van der Waals surface area (Å²) in [7, 11) is -16.4. The molecule has 2 amide bonds. The van der Waals surface area contributed by atoms with E-state index < -0.39 is 84.6 Å². The number of hydrogen-bond donors (Lipinski definition) is 9. The van der Waals surface area contributed by atoms with Gasteiger partial charge in [-0.05, 0) is 12.5 Å². The lowest BCUT2D eigenvalue weighted by molar-refractivity contribution is -0.137. The van der Waals surface area contributed by atoms with Crippen molar-refractivity contribution >= 4 is 69.1 Å². The van der Waals surface area contributed by atoms with Gasteiger partial charge in [0.05, 0.1) is 19.5 Å². The number of amides is 2. The Labute approximate surface area is 330 Å². The Hall–Kier alpha value is -2.96. The van der Waals surface area contributed by atoms with Crippen molar-refractivity contribution in [1.29, 1.82) is 0 Å². The fourth-order valence-corrected chi connectivity index (χ4v) is 8.21. The monoisotopic (exact) mass is 889 g/mol. The van der Waals surface area contributed by atoms with Crippen LogP contribution < -0.4 is 16.4 Å². The summed E-state index contributed by atoms with van der Waals surface area (Å²) in [6.07, 6.45) is 1.75. The lowest BCUT2D eigenvalue weighted by Crippen LogP contribution is -2.46. The Morgan fingerprint density at radius 1 is 1.07 bits per heavy atom. The number of imidazole rings is 1. The van der Waals surface area contributed by atoms with E-state index in [2.05, 4.69) is 34.4 Å². The maximum Gasteiger partial charge on any atom is 0.481 e. The number of unbranched alkanes of at least 4 members (excludes halogenated alkanes) is 1. The number of carbonyl (C=O) groups excluding carboxylic acids is 3. The van der Waals surface area contributed by atoms with E-state index in [1.807, 2.05) is 13.0 Å². The zero-order valence-electron chi connectivity index (χ0n) is 30.8. The van der Waals surface area contributed by atoms with Gasteiger partial charge in [0.1, 0.15) is 36.3 Å². The fourth-order valence-electron chi connectivity index (χ4n) is 4.81. The molecule has 2 aromatic rings. The number of phosphoric acid groups is 3. The van der Waals surface area contributed by atoms with E-state index >= 15 is 0 Å². The van der Waals surface area contributed by atoms with Crippen LogP contribution >= 0.6 is 35.2 Å². The highest BCUT2D eigenvalue weighted by molar-refractivity contribution is 8.14. The maximum atomic E-state index is 12.7. The average molecular weight is 890 g/mol. The number of ether oxygens (including phenoxy) is 1. The Kier molecular flexibility index (Phi) is 18.1. The molecule has 0 radical (unpaired) electrons. The molecule has 1 aliphatic heterocycles. The van der Waals surface area contributed by atoms with Crippen LogP contribution in [0, 0.1) is 5.41 Å². The standard InChI is InChI=1S/C29H46N7O17P3S/c1-4-5-6-7-8-9-20(38)57-13-12-31-19(37)10-11-32-27(41)24(40)29(2,3)15-50-56(47,48)53-55(45,46)49-14-18-23(52-54(42,43)44)22(39)28(51-18)36-17-35-21-25(30)33-16-34-26(21)36/h6-9,16-18,22-24,28,39-40H,4-5,10-15H2,1-3H3,(H,31,37)(H,32,41)(H,45,46)(H,47,48)(H2,30,33,34)(H2,42,43,44)/b7-6+,9-8+/t18-,22-,23-,24+,28-/m1/s1. The summed E-state index contributed by atoms with van der Waals surface area (Å²) < 4.78 is 62.1. The summed E-state index contributed by atoms with van der Waals surface area (Å²) in [4.78, 5) is 87.4. The molecule has 0 spiro atoms. The molecule has 3 rings (SSSR count). The van der Waals surface area contributed by atoms with Crippen molar-refractivity contribution in [2.75, 3.05) is 37.8 Å². The molecular formula is C29H46N7O17P3S. The smallest absolute Gasteiger partial charge is 0.386 e. The second-order valence-electron chi connectivity index (χ2n) is 12.8. The van der Waals surface area contributed by atoms with Gasteiger partial charge in [0.25, 0.3) is 0 Å². The van der Waals surface area contributed by atoms with Crippen LogP contribution in [-0.4, -0.2) is 123 Å². The van der Waals surface area contributed by atoms with Crippen LogP contribution in [0.3, 0.4) is 0 Å². The Morgan fingerprint density at radius 3 is 2.46 bits per heavy atom. The summed E-state index contributed by atoms with van der Waals surface area (Å²) >= 11 is 1.01. The zero-order chi connectivity index (χ0) is 42.6. The number of fused-ring (bicyclic) bond motifs is 1. The second-order valence-corrected chi connectivity index (χ2v) is 18.1.